The van der Waals surface area contributed by atoms with Gasteiger partial charge in [-0.05, 0) is 43.3 Å². The Bertz CT molecular complexity index is 605. The molecule has 0 aromatic heterocycles. The normalized spacial score (nSPS) is 41.7. The number of hydrogen-bond donors (Lipinski definition) is 1. The maximum atomic E-state index is 12.3. The fourth-order valence-electron chi connectivity index (χ4n) is 4.66. The van der Waals surface area contributed by atoms with Gasteiger partial charge in [0.05, 0.1) is 17.4 Å². The van der Waals surface area contributed by atoms with Gasteiger partial charge in [-0.2, -0.15) is 0 Å². The van der Waals surface area contributed by atoms with Crippen molar-refractivity contribution in [2.24, 2.45) is 23.7 Å². The van der Waals surface area contributed by atoms with E-state index < -0.39 is 5.60 Å². The third-order valence-corrected chi connectivity index (χ3v) is 6.52. The number of aliphatic hydroxyl groups is 1. The molecule has 140 valence electrons. The van der Waals surface area contributed by atoms with Crippen molar-refractivity contribution in [3.63, 3.8) is 0 Å². The number of esters is 2. The molecule has 1 aliphatic heterocycles. The molecule has 7 atom stereocenters. The fraction of sp³-hybridized carbons (Fsp3) is 0.800. The predicted octanol–water partition coefficient (Wildman–Crippen LogP) is 3.00. The number of ether oxygens (including phenoxy) is 2. The first-order chi connectivity index (χ1) is 11.7. The second-order valence-electron chi connectivity index (χ2n) is 8.42. The van der Waals surface area contributed by atoms with Crippen LogP contribution in [-0.2, 0) is 19.1 Å². The molecule has 5 nitrogen and oxygen atoms in total. The van der Waals surface area contributed by atoms with Crippen LogP contribution in [0.2, 0.25) is 0 Å². The van der Waals surface area contributed by atoms with Crippen molar-refractivity contribution < 1.29 is 24.2 Å². The van der Waals surface area contributed by atoms with Gasteiger partial charge in [0, 0.05) is 12.3 Å². The summed E-state index contributed by atoms with van der Waals surface area (Å²) < 4.78 is 11.4. The van der Waals surface area contributed by atoms with E-state index in [9.17, 15) is 14.7 Å². The van der Waals surface area contributed by atoms with Crippen molar-refractivity contribution in [1.82, 2.24) is 0 Å². The highest BCUT2D eigenvalue weighted by molar-refractivity contribution is 5.75. The van der Waals surface area contributed by atoms with Crippen molar-refractivity contribution in [3.8, 4) is 0 Å². The number of rotatable bonds is 3. The molecule has 25 heavy (non-hydrogen) atoms. The minimum atomic E-state index is -0.996. The zero-order valence-electron chi connectivity index (χ0n) is 15.9. The van der Waals surface area contributed by atoms with Gasteiger partial charge in [0.25, 0.3) is 0 Å². The minimum absolute atomic E-state index is 0.0953. The van der Waals surface area contributed by atoms with Crippen LogP contribution >= 0.6 is 0 Å². The van der Waals surface area contributed by atoms with Crippen LogP contribution in [0.1, 0.15) is 60.3 Å². The van der Waals surface area contributed by atoms with Gasteiger partial charge in [-0.3, -0.25) is 9.59 Å². The molecule has 1 fully saturated rings. The average Bonchev–Trinajstić information content (AvgIpc) is 2.86. The molecular weight excluding hydrogens is 320 g/mol. The van der Waals surface area contributed by atoms with Gasteiger partial charge in [-0.15, -0.1) is 0 Å². The van der Waals surface area contributed by atoms with Crippen molar-refractivity contribution in [2.45, 2.75) is 78.1 Å². The van der Waals surface area contributed by atoms with Gasteiger partial charge in [0.2, 0.25) is 0 Å². The second-order valence-corrected chi connectivity index (χ2v) is 8.42. The summed E-state index contributed by atoms with van der Waals surface area (Å²) in [7, 11) is 0. The van der Waals surface area contributed by atoms with E-state index >= 15 is 0 Å². The molecule has 3 rings (SSSR count). The monoisotopic (exact) mass is 350 g/mol. The Balaban J connectivity index is 1.90. The highest BCUT2D eigenvalue weighted by Gasteiger charge is 2.52. The smallest absolute Gasteiger partial charge is 0.309 e. The van der Waals surface area contributed by atoms with Crippen molar-refractivity contribution in [1.29, 1.82) is 0 Å². The minimum Gasteiger partial charge on any atom is -0.462 e. The van der Waals surface area contributed by atoms with Crippen LogP contribution in [0.4, 0.5) is 0 Å². The molecule has 0 unspecified atom stereocenters. The van der Waals surface area contributed by atoms with Crippen molar-refractivity contribution >= 4 is 11.9 Å². The Kier molecular flexibility index (Phi) is 4.73. The topological polar surface area (TPSA) is 72.8 Å². The summed E-state index contributed by atoms with van der Waals surface area (Å²) >= 11 is 0. The Hall–Kier alpha value is -1.36. The van der Waals surface area contributed by atoms with Crippen molar-refractivity contribution in [2.75, 3.05) is 0 Å². The van der Waals surface area contributed by atoms with E-state index in [1.54, 1.807) is 6.92 Å². The summed E-state index contributed by atoms with van der Waals surface area (Å²) in [6.07, 6.45) is 2.04. The van der Waals surface area contributed by atoms with Crippen LogP contribution < -0.4 is 0 Å². The summed E-state index contributed by atoms with van der Waals surface area (Å²) in [5, 5.41) is 11.0. The van der Waals surface area contributed by atoms with E-state index in [1.165, 1.54) is 0 Å². The molecule has 1 heterocycles. The molecular formula is C20H30O5. The van der Waals surface area contributed by atoms with Gasteiger partial charge in [0.15, 0.2) is 0 Å². The molecule has 2 aliphatic carbocycles. The highest BCUT2D eigenvalue weighted by Crippen LogP contribution is 2.51. The first-order valence-electron chi connectivity index (χ1n) is 9.52. The Morgan fingerprint density at radius 3 is 2.76 bits per heavy atom. The van der Waals surface area contributed by atoms with Crippen molar-refractivity contribution in [3.05, 3.63) is 11.1 Å². The van der Waals surface area contributed by atoms with Crippen LogP contribution in [-0.4, -0.2) is 34.9 Å². The first kappa shape index (κ1) is 18.4. The Labute approximate surface area is 149 Å². The van der Waals surface area contributed by atoms with Crippen LogP contribution in [0.25, 0.3) is 0 Å². The van der Waals surface area contributed by atoms with Gasteiger partial charge in [0.1, 0.15) is 12.2 Å². The Morgan fingerprint density at radius 1 is 1.44 bits per heavy atom. The van der Waals surface area contributed by atoms with E-state index in [0.29, 0.717) is 12.8 Å². The van der Waals surface area contributed by atoms with Crippen LogP contribution in [0.15, 0.2) is 11.1 Å². The molecule has 0 bridgehead atoms. The lowest BCUT2D eigenvalue weighted by Crippen LogP contribution is -2.31. The average molecular weight is 350 g/mol. The maximum absolute atomic E-state index is 12.3. The molecule has 5 heteroatoms. The summed E-state index contributed by atoms with van der Waals surface area (Å²) in [5.74, 6) is -0.417. The summed E-state index contributed by atoms with van der Waals surface area (Å²) in [6.45, 7) is 9.63. The second kappa shape index (κ2) is 6.42. The van der Waals surface area contributed by atoms with Crippen LogP contribution in [0.3, 0.4) is 0 Å². The summed E-state index contributed by atoms with van der Waals surface area (Å²) in [6, 6.07) is 0. The lowest BCUT2D eigenvalue weighted by Gasteiger charge is -2.26. The molecule has 0 spiro atoms. The molecule has 0 radical (unpaired) electrons. The molecule has 0 saturated carbocycles. The van der Waals surface area contributed by atoms with Gasteiger partial charge in [-0.1, -0.05) is 27.7 Å². The van der Waals surface area contributed by atoms with E-state index in [2.05, 4.69) is 6.92 Å². The predicted molar refractivity (Wildman–Crippen MR) is 92.5 cm³/mol. The zero-order chi connectivity index (χ0) is 18.5. The van der Waals surface area contributed by atoms with Crippen LogP contribution in [0, 0.1) is 23.7 Å². The number of hydrogen-bond acceptors (Lipinski definition) is 5. The number of fused-ring (bicyclic) bond motifs is 1. The zero-order valence-corrected chi connectivity index (χ0v) is 15.9. The van der Waals surface area contributed by atoms with E-state index in [1.807, 2.05) is 20.8 Å². The molecule has 3 aliphatic rings. The molecule has 0 amide bonds. The highest BCUT2D eigenvalue weighted by atomic mass is 16.6. The molecule has 1 saturated heterocycles. The van der Waals surface area contributed by atoms with E-state index in [0.717, 1.165) is 24.0 Å². The van der Waals surface area contributed by atoms with E-state index in [4.69, 9.17) is 9.47 Å². The van der Waals surface area contributed by atoms with Crippen LogP contribution in [0.5, 0.6) is 0 Å². The van der Waals surface area contributed by atoms with E-state index in [-0.39, 0.29) is 47.8 Å². The maximum Gasteiger partial charge on any atom is 0.309 e. The molecule has 0 aromatic carbocycles. The lowest BCUT2D eigenvalue weighted by atomic mass is 9.82. The number of carbonyl (C=O) groups is 2. The van der Waals surface area contributed by atoms with Gasteiger partial charge < -0.3 is 14.6 Å². The fourth-order valence-corrected chi connectivity index (χ4v) is 4.66. The largest absolute Gasteiger partial charge is 0.462 e. The molecule has 0 aromatic rings. The third kappa shape index (κ3) is 3.12. The first-order valence-corrected chi connectivity index (χ1v) is 9.52. The standard InChI is InChI=1S/C20H30O5/c1-6-10(2)18(21)25-16-9-20(5,23)14-8-13-12(4)19(22)24-15(13)7-11(3)17(14)16/h10-13,15-16,23H,6-9H2,1-5H3/t10-,11-,12+,13+,15+,16-,20-/m1/s1. The lowest BCUT2D eigenvalue weighted by molar-refractivity contribution is -0.153. The Morgan fingerprint density at radius 2 is 2.12 bits per heavy atom. The number of carbonyl (C=O) groups excluding carboxylic acids is 2. The molecule has 1 N–H and O–H groups in total. The van der Waals surface area contributed by atoms with Gasteiger partial charge >= 0.3 is 11.9 Å². The summed E-state index contributed by atoms with van der Waals surface area (Å²) in [5.41, 5.74) is 1.02. The quantitative estimate of drug-likeness (QED) is 0.626. The summed E-state index contributed by atoms with van der Waals surface area (Å²) in [4.78, 5) is 24.3. The van der Waals surface area contributed by atoms with Gasteiger partial charge in [-0.25, -0.2) is 0 Å². The SMILES string of the molecule is CC[C@@H](C)C(=O)O[C@@H]1C[C@@](C)(O)C2=C1[C@H](C)C[C@@H]1OC(=O)[C@@H](C)[C@@H]1C2. The third-order valence-electron chi connectivity index (χ3n) is 6.52.